The maximum atomic E-state index is 11.5. The second-order valence-corrected chi connectivity index (χ2v) is 3.70. The molecular formula is C12H15OY-. The van der Waals surface area contributed by atoms with Crippen LogP contribution in [-0.4, -0.2) is 5.78 Å². The average molecular weight is 264 g/mol. The van der Waals surface area contributed by atoms with E-state index >= 15 is 0 Å². The van der Waals surface area contributed by atoms with Crippen molar-refractivity contribution in [2.24, 2.45) is 5.92 Å². The normalized spacial score (nSPS) is 23.2. The van der Waals surface area contributed by atoms with Crippen molar-refractivity contribution in [3.05, 3.63) is 17.6 Å². The zero-order chi connectivity index (χ0) is 9.84. The van der Waals surface area contributed by atoms with Gasteiger partial charge in [0.1, 0.15) is 5.78 Å². The fourth-order valence-corrected chi connectivity index (χ4v) is 1.80. The first-order chi connectivity index (χ1) is 6.16. The van der Waals surface area contributed by atoms with Crippen LogP contribution in [0.3, 0.4) is 0 Å². The summed E-state index contributed by atoms with van der Waals surface area (Å²) in [5.74, 6) is 2.78. The molecule has 0 N–H and O–H groups in total. The minimum absolute atomic E-state index is 0. The van der Waals surface area contributed by atoms with Gasteiger partial charge in [-0.15, -0.1) is 5.57 Å². The minimum atomic E-state index is 0. The summed E-state index contributed by atoms with van der Waals surface area (Å²) in [7, 11) is 0. The molecular weight excluding hydrogens is 249 g/mol. The Bertz CT molecular complexity index is 283. The molecule has 0 aromatic carbocycles. The smallest absolute Gasteiger partial charge is 0.138 e. The van der Waals surface area contributed by atoms with E-state index in [1.54, 1.807) is 0 Å². The number of hydrogen-bond acceptors (Lipinski definition) is 1. The second kappa shape index (κ2) is 6.54. The molecule has 73 valence electrons. The van der Waals surface area contributed by atoms with Gasteiger partial charge in [0.15, 0.2) is 0 Å². The summed E-state index contributed by atoms with van der Waals surface area (Å²) in [5.41, 5.74) is 1.86. The molecule has 14 heavy (non-hydrogen) atoms. The molecule has 1 fully saturated rings. The first kappa shape index (κ1) is 14.1. The van der Waals surface area contributed by atoms with Crippen molar-refractivity contribution in [3.8, 4) is 5.92 Å². The third kappa shape index (κ3) is 3.33. The number of hydrogen-bond donors (Lipinski definition) is 0. The van der Waals surface area contributed by atoms with Gasteiger partial charge in [-0.05, 0) is 12.8 Å². The molecule has 1 aliphatic rings. The zero-order valence-electron chi connectivity index (χ0n) is 8.89. The Morgan fingerprint density at radius 3 is 2.57 bits per heavy atom. The van der Waals surface area contributed by atoms with Crippen molar-refractivity contribution in [3.63, 3.8) is 0 Å². The molecule has 0 aliphatic heterocycles. The summed E-state index contributed by atoms with van der Waals surface area (Å²) >= 11 is 0. The van der Waals surface area contributed by atoms with Crippen LogP contribution in [0.5, 0.6) is 0 Å². The maximum absolute atomic E-state index is 11.5. The molecule has 0 amide bonds. The standard InChI is InChI=1S/C12H15O.Y/c1-4-9(2)10(3)11-7-5-6-8-12(11)13;/h11H,5-8H2,2-3H3;/q-1;/b10-9+;. The number of rotatable bonds is 1. The van der Waals surface area contributed by atoms with E-state index in [0.29, 0.717) is 12.2 Å². The monoisotopic (exact) mass is 264 g/mol. The van der Waals surface area contributed by atoms with Gasteiger partial charge in [0.05, 0.1) is 0 Å². The van der Waals surface area contributed by atoms with Gasteiger partial charge in [0, 0.05) is 45.0 Å². The van der Waals surface area contributed by atoms with E-state index in [2.05, 4.69) is 5.92 Å². The van der Waals surface area contributed by atoms with Crippen LogP contribution in [0.15, 0.2) is 11.1 Å². The van der Waals surface area contributed by atoms with Crippen molar-refractivity contribution >= 4 is 5.78 Å². The quantitative estimate of drug-likeness (QED) is 0.525. The van der Waals surface area contributed by atoms with E-state index in [9.17, 15) is 4.79 Å². The molecule has 0 saturated heterocycles. The maximum Gasteiger partial charge on any atom is 0.138 e. The van der Waals surface area contributed by atoms with E-state index in [1.807, 2.05) is 13.8 Å². The van der Waals surface area contributed by atoms with Crippen LogP contribution in [-0.2, 0) is 37.5 Å². The molecule has 0 aromatic rings. The molecule has 0 aromatic heterocycles. The number of allylic oxidation sites excluding steroid dienone is 2. The van der Waals surface area contributed by atoms with Crippen molar-refractivity contribution in [1.29, 1.82) is 0 Å². The topological polar surface area (TPSA) is 17.1 Å². The van der Waals surface area contributed by atoms with Gasteiger partial charge in [0.25, 0.3) is 0 Å². The van der Waals surface area contributed by atoms with Gasteiger partial charge in [-0.2, -0.15) is 5.57 Å². The molecule has 1 atom stereocenters. The molecule has 1 aliphatic carbocycles. The molecule has 2 heteroatoms. The average Bonchev–Trinajstić information content (AvgIpc) is 2.16. The molecule has 0 bridgehead atoms. The molecule has 0 heterocycles. The Morgan fingerprint density at radius 2 is 2.07 bits per heavy atom. The molecule has 1 nitrogen and oxygen atoms in total. The number of Topliss-reactive ketones (excluding diaryl/α,β-unsaturated/α-hetero) is 1. The van der Waals surface area contributed by atoms with Crippen LogP contribution in [0.25, 0.3) is 0 Å². The van der Waals surface area contributed by atoms with Crippen LogP contribution in [0.2, 0.25) is 0 Å². The fraction of sp³-hybridized carbons (Fsp3) is 0.583. The van der Waals surface area contributed by atoms with Crippen molar-refractivity contribution in [2.45, 2.75) is 39.5 Å². The molecule has 1 radical (unpaired) electrons. The summed E-state index contributed by atoms with van der Waals surface area (Å²) in [5, 5.41) is 0. The van der Waals surface area contributed by atoms with Crippen molar-refractivity contribution in [2.75, 3.05) is 0 Å². The Hall–Kier alpha value is 0.0739. The molecule has 0 spiro atoms. The second-order valence-electron chi connectivity index (χ2n) is 3.70. The number of carbonyl (C=O) groups is 1. The Morgan fingerprint density at radius 1 is 1.43 bits per heavy atom. The van der Waals surface area contributed by atoms with E-state index in [0.717, 1.165) is 30.4 Å². The van der Waals surface area contributed by atoms with E-state index < -0.39 is 0 Å². The minimum Gasteiger partial charge on any atom is -0.366 e. The Balaban J connectivity index is 0.00000169. The van der Waals surface area contributed by atoms with Gasteiger partial charge in [-0.25, -0.2) is 0 Å². The first-order valence-electron chi connectivity index (χ1n) is 4.79. The van der Waals surface area contributed by atoms with Crippen LogP contribution >= 0.6 is 0 Å². The summed E-state index contributed by atoms with van der Waals surface area (Å²) in [6.07, 6.45) is 10.9. The largest absolute Gasteiger partial charge is 0.366 e. The van der Waals surface area contributed by atoms with Gasteiger partial charge in [0.2, 0.25) is 0 Å². The third-order valence-corrected chi connectivity index (χ3v) is 2.86. The van der Waals surface area contributed by atoms with Gasteiger partial charge in [-0.1, -0.05) is 20.3 Å². The van der Waals surface area contributed by atoms with Gasteiger partial charge >= 0.3 is 0 Å². The van der Waals surface area contributed by atoms with Gasteiger partial charge in [-0.3, -0.25) is 10.7 Å². The van der Waals surface area contributed by atoms with E-state index in [4.69, 9.17) is 6.42 Å². The summed E-state index contributed by atoms with van der Waals surface area (Å²) in [4.78, 5) is 11.5. The predicted molar refractivity (Wildman–Crippen MR) is 52.5 cm³/mol. The van der Waals surface area contributed by atoms with Crippen LogP contribution in [0.4, 0.5) is 0 Å². The third-order valence-electron chi connectivity index (χ3n) is 2.86. The van der Waals surface area contributed by atoms with Crippen LogP contribution in [0, 0.1) is 18.3 Å². The first-order valence-corrected chi connectivity index (χ1v) is 4.79. The summed E-state index contributed by atoms with van der Waals surface area (Å²) in [6, 6.07) is 0. The number of carbonyl (C=O) groups excluding carboxylic acids is 1. The predicted octanol–water partition coefficient (Wildman–Crippen LogP) is 2.67. The summed E-state index contributed by atoms with van der Waals surface area (Å²) in [6.45, 7) is 3.80. The summed E-state index contributed by atoms with van der Waals surface area (Å²) < 4.78 is 0. The van der Waals surface area contributed by atoms with Crippen LogP contribution in [0.1, 0.15) is 39.5 Å². The Kier molecular flexibility index (Phi) is 6.57. The van der Waals surface area contributed by atoms with E-state index in [-0.39, 0.29) is 38.6 Å². The van der Waals surface area contributed by atoms with Crippen molar-refractivity contribution < 1.29 is 37.5 Å². The molecule has 1 unspecified atom stereocenters. The van der Waals surface area contributed by atoms with Crippen molar-refractivity contribution in [1.82, 2.24) is 0 Å². The molecule has 1 rings (SSSR count). The molecule has 1 saturated carbocycles. The fourth-order valence-electron chi connectivity index (χ4n) is 1.80. The number of ketones is 1. The Labute approximate surface area is 112 Å². The zero-order valence-corrected chi connectivity index (χ0v) is 11.7. The van der Waals surface area contributed by atoms with E-state index in [1.165, 1.54) is 0 Å². The SMILES string of the molecule is [C-]#C/C(C)=C(\C)C1CCCCC1=O.[Y]. The van der Waals surface area contributed by atoms with Crippen LogP contribution < -0.4 is 0 Å². The van der Waals surface area contributed by atoms with Gasteiger partial charge < -0.3 is 6.42 Å².